The number of ether oxygens (including phenoxy) is 1. The van der Waals surface area contributed by atoms with Crippen LogP contribution in [0.4, 0.5) is 11.5 Å². The van der Waals surface area contributed by atoms with Gasteiger partial charge in [0.05, 0.1) is 23.3 Å². The van der Waals surface area contributed by atoms with Crippen LogP contribution >= 0.6 is 24.0 Å². The van der Waals surface area contributed by atoms with Gasteiger partial charge < -0.3 is 14.5 Å². The number of amides is 1. The Labute approximate surface area is 225 Å². The van der Waals surface area contributed by atoms with E-state index in [1.165, 1.54) is 16.2 Å². The first kappa shape index (κ1) is 25.3. The zero-order chi connectivity index (χ0) is 25.9. The highest BCUT2D eigenvalue weighted by molar-refractivity contribution is 8.26. The van der Waals surface area contributed by atoms with E-state index in [9.17, 15) is 9.59 Å². The third-order valence-corrected chi connectivity index (χ3v) is 8.02. The summed E-state index contributed by atoms with van der Waals surface area (Å²) in [6, 6.07) is 13.5. The van der Waals surface area contributed by atoms with Gasteiger partial charge in [-0.1, -0.05) is 55.5 Å². The molecule has 0 radical (unpaired) electrons. The van der Waals surface area contributed by atoms with Gasteiger partial charge in [-0.15, -0.1) is 0 Å². The van der Waals surface area contributed by atoms with E-state index in [0.29, 0.717) is 45.9 Å². The molecule has 2 aliphatic heterocycles. The molecule has 8 nitrogen and oxygen atoms in total. The van der Waals surface area contributed by atoms with Crippen molar-refractivity contribution in [2.75, 3.05) is 49.6 Å². The minimum absolute atomic E-state index is 0.145. The quantitative estimate of drug-likeness (QED) is 0.332. The molecule has 192 valence electrons. The van der Waals surface area contributed by atoms with Crippen LogP contribution in [0.2, 0.25) is 0 Å². The minimum Gasteiger partial charge on any atom is -0.495 e. The number of piperazine rings is 1. The van der Waals surface area contributed by atoms with Crippen LogP contribution in [0.15, 0.2) is 58.4 Å². The molecule has 4 heterocycles. The van der Waals surface area contributed by atoms with Gasteiger partial charge in [0.1, 0.15) is 21.5 Å². The van der Waals surface area contributed by atoms with Crippen LogP contribution in [-0.4, -0.2) is 64.3 Å². The first-order chi connectivity index (χ1) is 18.0. The van der Waals surface area contributed by atoms with E-state index in [-0.39, 0.29) is 11.5 Å². The first-order valence-electron chi connectivity index (χ1n) is 12.4. The van der Waals surface area contributed by atoms with Gasteiger partial charge in [0.2, 0.25) is 0 Å². The predicted octanol–water partition coefficient (Wildman–Crippen LogP) is 4.03. The number of hydrogen-bond donors (Lipinski definition) is 0. The molecule has 2 saturated heterocycles. The summed E-state index contributed by atoms with van der Waals surface area (Å²) in [6.45, 7) is 5.50. The fourth-order valence-corrected chi connectivity index (χ4v) is 5.94. The van der Waals surface area contributed by atoms with Crippen LogP contribution in [0.1, 0.15) is 25.3 Å². The number of carbonyl (C=O) groups excluding carboxylic acids is 1. The van der Waals surface area contributed by atoms with E-state index in [0.717, 1.165) is 37.4 Å². The Balaban J connectivity index is 1.49. The number of methoxy groups -OCH3 is 1. The van der Waals surface area contributed by atoms with E-state index in [1.54, 1.807) is 30.3 Å². The number of unbranched alkanes of at least 4 members (excludes halogenated alkanes) is 1. The van der Waals surface area contributed by atoms with Crippen molar-refractivity contribution in [1.82, 2.24) is 14.3 Å². The Morgan fingerprint density at radius 2 is 1.78 bits per heavy atom. The van der Waals surface area contributed by atoms with Gasteiger partial charge in [0, 0.05) is 38.9 Å². The monoisotopic (exact) mass is 535 g/mol. The molecule has 0 bridgehead atoms. The van der Waals surface area contributed by atoms with Crippen LogP contribution in [0.25, 0.3) is 11.7 Å². The fraction of sp³-hybridized carbons (Fsp3) is 0.333. The maximum absolute atomic E-state index is 13.6. The number of fused-ring (bicyclic) bond motifs is 1. The molecule has 0 aliphatic carbocycles. The van der Waals surface area contributed by atoms with Gasteiger partial charge in [-0.05, 0) is 36.8 Å². The Bertz CT molecular complexity index is 1430. The maximum Gasteiger partial charge on any atom is 0.267 e. The van der Waals surface area contributed by atoms with Crippen molar-refractivity contribution in [3.8, 4) is 5.75 Å². The number of benzene rings is 1. The molecule has 3 aromatic rings. The van der Waals surface area contributed by atoms with Crippen molar-refractivity contribution in [2.45, 2.75) is 19.8 Å². The number of thioether (sulfide) groups is 1. The van der Waals surface area contributed by atoms with Crippen molar-refractivity contribution in [2.24, 2.45) is 0 Å². The van der Waals surface area contributed by atoms with Crippen LogP contribution in [0, 0.1) is 0 Å². The predicted molar refractivity (Wildman–Crippen MR) is 154 cm³/mol. The van der Waals surface area contributed by atoms with E-state index >= 15 is 0 Å². The van der Waals surface area contributed by atoms with E-state index in [2.05, 4.69) is 22.8 Å². The number of aromatic nitrogens is 2. The topological polar surface area (TPSA) is 70.4 Å². The standard InChI is InChI=1S/C27H29N5O3S2/c1-3-4-12-32-26(34)22(37-27(32)36)18-19-24(28-23-11-7-8-13-31(23)25(19)33)30-16-14-29(15-17-30)20-9-5-6-10-21(20)35-2/h5-11,13,18H,3-4,12,14-17H2,1-2H3/b22-18-. The van der Waals surface area contributed by atoms with Crippen LogP contribution in [0.5, 0.6) is 5.75 Å². The molecular weight excluding hydrogens is 506 g/mol. The molecule has 10 heteroatoms. The summed E-state index contributed by atoms with van der Waals surface area (Å²) in [5.74, 6) is 1.28. The number of carbonyl (C=O) groups is 1. The van der Waals surface area contributed by atoms with Crippen molar-refractivity contribution in [1.29, 1.82) is 0 Å². The summed E-state index contributed by atoms with van der Waals surface area (Å²) in [6.07, 6.45) is 5.23. The first-order valence-corrected chi connectivity index (χ1v) is 13.6. The molecule has 5 rings (SSSR count). The lowest BCUT2D eigenvalue weighted by Crippen LogP contribution is -2.47. The SMILES string of the molecule is CCCCN1C(=O)/C(=C/c2c(N3CCN(c4ccccc4OC)CC3)nc3ccccn3c2=O)SC1=S. The summed E-state index contributed by atoms with van der Waals surface area (Å²) in [4.78, 5) is 38.2. The molecule has 37 heavy (non-hydrogen) atoms. The van der Waals surface area contributed by atoms with Gasteiger partial charge in [0.25, 0.3) is 11.5 Å². The van der Waals surface area contributed by atoms with E-state index in [1.807, 2.05) is 30.3 Å². The molecule has 2 aromatic heterocycles. The number of anilines is 2. The van der Waals surface area contributed by atoms with Crippen molar-refractivity contribution < 1.29 is 9.53 Å². The number of hydrogen-bond acceptors (Lipinski definition) is 8. The average molecular weight is 536 g/mol. The lowest BCUT2D eigenvalue weighted by atomic mass is 10.2. The normalized spacial score (nSPS) is 17.4. The zero-order valence-electron chi connectivity index (χ0n) is 20.9. The minimum atomic E-state index is -0.202. The summed E-state index contributed by atoms with van der Waals surface area (Å²) in [5.41, 5.74) is 1.83. The largest absolute Gasteiger partial charge is 0.495 e. The second-order valence-corrected chi connectivity index (χ2v) is 10.6. The number of nitrogens with zero attached hydrogens (tertiary/aromatic N) is 5. The third-order valence-electron chi connectivity index (χ3n) is 6.64. The van der Waals surface area contributed by atoms with Crippen LogP contribution in [-0.2, 0) is 4.79 Å². The van der Waals surface area contributed by atoms with E-state index in [4.69, 9.17) is 21.9 Å². The summed E-state index contributed by atoms with van der Waals surface area (Å²) < 4.78 is 7.61. The van der Waals surface area contributed by atoms with E-state index < -0.39 is 0 Å². The molecule has 0 saturated carbocycles. The Morgan fingerprint density at radius 3 is 2.54 bits per heavy atom. The lowest BCUT2D eigenvalue weighted by Gasteiger charge is -2.37. The molecule has 2 fully saturated rings. The number of pyridine rings is 1. The van der Waals surface area contributed by atoms with Crippen molar-refractivity contribution in [3.63, 3.8) is 0 Å². The van der Waals surface area contributed by atoms with Gasteiger partial charge in [0.15, 0.2) is 0 Å². The molecule has 2 aliphatic rings. The second kappa shape index (κ2) is 10.9. The van der Waals surface area contributed by atoms with Gasteiger partial charge in [-0.2, -0.15) is 0 Å². The van der Waals surface area contributed by atoms with Gasteiger partial charge in [-0.25, -0.2) is 4.98 Å². The molecule has 0 N–H and O–H groups in total. The molecule has 0 spiro atoms. The zero-order valence-corrected chi connectivity index (χ0v) is 22.6. The van der Waals surface area contributed by atoms with Crippen molar-refractivity contribution >= 4 is 57.4 Å². The molecule has 1 amide bonds. The highest BCUT2D eigenvalue weighted by atomic mass is 32.2. The highest BCUT2D eigenvalue weighted by Crippen LogP contribution is 2.34. The molecule has 0 atom stereocenters. The number of para-hydroxylation sites is 2. The second-order valence-electron chi connectivity index (χ2n) is 8.92. The Hall–Kier alpha value is -3.37. The Morgan fingerprint density at radius 1 is 1.05 bits per heavy atom. The highest BCUT2D eigenvalue weighted by Gasteiger charge is 2.33. The summed E-state index contributed by atoms with van der Waals surface area (Å²) in [7, 11) is 1.68. The maximum atomic E-state index is 13.6. The molecule has 0 unspecified atom stereocenters. The van der Waals surface area contributed by atoms with Gasteiger partial charge in [-0.3, -0.25) is 18.9 Å². The van der Waals surface area contributed by atoms with Crippen molar-refractivity contribution in [3.05, 3.63) is 69.5 Å². The number of thiocarbonyl (C=S) groups is 1. The summed E-state index contributed by atoms with van der Waals surface area (Å²) >= 11 is 6.72. The van der Waals surface area contributed by atoms with Gasteiger partial charge >= 0.3 is 0 Å². The fourth-order valence-electron chi connectivity index (χ4n) is 4.65. The smallest absolute Gasteiger partial charge is 0.267 e. The molecular formula is C27H29N5O3S2. The summed E-state index contributed by atoms with van der Waals surface area (Å²) in [5, 5.41) is 0. The van der Waals surface area contributed by atoms with Crippen LogP contribution < -0.4 is 20.1 Å². The molecule has 1 aromatic carbocycles. The third kappa shape index (κ3) is 4.95. The average Bonchev–Trinajstić information content (AvgIpc) is 3.20. The lowest BCUT2D eigenvalue weighted by molar-refractivity contribution is -0.122. The van der Waals surface area contributed by atoms with Crippen LogP contribution in [0.3, 0.4) is 0 Å². The Kier molecular flexibility index (Phi) is 7.48. The number of rotatable bonds is 7.